The normalized spacial score (nSPS) is 12.5. The lowest BCUT2D eigenvalue weighted by atomic mass is 9.92. The zero-order chi connectivity index (χ0) is 10.5. The van der Waals surface area contributed by atoms with E-state index in [1.807, 2.05) is 6.08 Å². The maximum atomic E-state index is 5.70. The topological polar surface area (TPSA) is 29.3 Å². The lowest BCUT2D eigenvalue weighted by molar-refractivity contribution is 0.164. The van der Waals surface area contributed by atoms with Crippen LogP contribution >= 0.6 is 0 Å². The van der Waals surface area contributed by atoms with Crippen LogP contribution in [0.25, 0.3) is 0 Å². The summed E-state index contributed by atoms with van der Waals surface area (Å²) in [5.74, 6) is 0. The van der Waals surface area contributed by atoms with E-state index in [0.29, 0.717) is 6.04 Å². The van der Waals surface area contributed by atoms with E-state index < -0.39 is 0 Å². The Morgan fingerprint density at radius 1 is 1.46 bits per heavy atom. The zero-order valence-corrected chi connectivity index (χ0v) is 9.51. The average molecular weight is 184 g/mol. The molecule has 0 aromatic carbocycles. The van der Waals surface area contributed by atoms with Crippen LogP contribution < -0.4 is 5.73 Å². The second-order valence-corrected chi connectivity index (χ2v) is 4.68. The Bertz CT molecular complexity index is 150. The highest BCUT2D eigenvalue weighted by Crippen LogP contribution is 2.16. The molecule has 0 aromatic rings. The summed E-state index contributed by atoms with van der Waals surface area (Å²) in [4.78, 5) is 2.39. The first-order chi connectivity index (χ1) is 5.93. The quantitative estimate of drug-likeness (QED) is 0.639. The van der Waals surface area contributed by atoms with Crippen LogP contribution in [-0.2, 0) is 0 Å². The minimum Gasteiger partial charge on any atom is -0.330 e. The number of nitrogens with zero attached hydrogens (tertiary/aromatic N) is 1. The standard InChI is InChI=1S/C11H24N2/c1-6-7-13(10(2)3)9-11(4,5)8-12/h6,10H,1,7-9,12H2,2-5H3. The molecule has 0 atom stereocenters. The molecule has 0 saturated heterocycles. The molecule has 0 aliphatic rings. The van der Waals surface area contributed by atoms with Crippen LogP contribution in [0.5, 0.6) is 0 Å². The molecule has 0 heterocycles. The van der Waals surface area contributed by atoms with E-state index in [-0.39, 0.29) is 5.41 Å². The Labute approximate surface area is 82.8 Å². The van der Waals surface area contributed by atoms with Gasteiger partial charge in [0.1, 0.15) is 0 Å². The summed E-state index contributed by atoms with van der Waals surface area (Å²) >= 11 is 0. The second kappa shape index (κ2) is 5.40. The van der Waals surface area contributed by atoms with Gasteiger partial charge in [-0.3, -0.25) is 4.90 Å². The van der Waals surface area contributed by atoms with Gasteiger partial charge in [0.05, 0.1) is 0 Å². The van der Waals surface area contributed by atoms with Crippen molar-refractivity contribution in [3.8, 4) is 0 Å². The van der Waals surface area contributed by atoms with Crippen molar-refractivity contribution in [1.29, 1.82) is 0 Å². The first kappa shape index (κ1) is 12.7. The summed E-state index contributed by atoms with van der Waals surface area (Å²) in [5, 5.41) is 0. The Morgan fingerprint density at radius 2 is 2.00 bits per heavy atom. The predicted molar refractivity (Wildman–Crippen MR) is 59.7 cm³/mol. The molecule has 2 nitrogen and oxygen atoms in total. The minimum absolute atomic E-state index is 0.202. The molecular weight excluding hydrogens is 160 g/mol. The van der Waals surface area contributed by atoms with Gasteiger partial charge >= 0.3 is 0 Å². The molecule has 0 radical (unpaired) electrons. The highest BCUT2D eigenvalue weighted by molar-refractivity contribution is 4.81. The van der Waals surface area contributed by atoms with Gasteiger partial charge in [-0.15, -0.1) is 6.58 Å². The number of rotatable bonds is 6. The highest BCUT2D eigenvalue weighted by Gasteiger charge is 2.20. The van der Waals surface area contributed by atoms with Gasteiger partial charge in [0, 0.05) is 19.1 Å². The summed E-state index contributed by atoms with van der Waals surface area (Å²) in [6.45, 7) is 15.3. The monoisotopic (exact) mass is 184 g/mol. The molecule has 0 rings (SSSR count). The second-order valence-electron chi connectivity index (χ2n) is 4.68. The van der Waals surface area contributed by atoms with Gasteiger partial charge in [-0.05, 0) is 25.8 Å². The lowest BCUT2D eigenvalue weighted by Gasteiger charge is -2.33. The summed E-state index contributed by atoms with van der Waals surface area (Å²) in [7, 11) is 0. The zero-order valence-electron chi connectivity index (χ0n) is 9.51. The third-order valence-corrected chi connectivity index (χ3v) is 2.28. The smallest absolute Gasteiger partial charge is 0.0163 e. The van der Waals surface area contributed by atoms with Crippen LogP contribution in [0.15, 0.2) is 12.7 Å². The molecule has 0 bridgehead atoms. The van der Waals surface area contributed by atoms with Crippen molar-refractivity contribution in [2.75, 3.05) is 19.6 Å². The Balaban J connectivity index is 4.16. The first-order valence-electron chi connectivity index (χ1n) is 4.98. The van der Waals surface area contributed by atoms with Gasteiger partial charge in [0.25, 0.3) is 0 Å². The van der Waals surface area contributed by atoms with Crippen molar-refractivity contribution in [3.05, 3.63) is 12.7 Å². The molecule has 2 heteroatoms. The van der Waals surface area contributed by atoms with E-state index in [1.54, 1.807) is 0 Å². The lowest BCUT2D eigenvalue weighted by Crippen LogP contribution is -2.42. The molecule has 78 valence electrons. The molecule has 0 saturated carbocycles. The molecule has 0 unspecified atom stereocenters. The van der Waals surface area contributed by atoms with Crippen LogP contribution in [0.3, 0.4) is 0 Å². The van der Waals surface area contributed by atoms with Crippen LogP contribution in [0, 0.1) is 5.41 Å². The van der Waals surface area contributed by atoms with E-state index in [9.17, 15) is 0 Å². The molecule has 13 heavy (non-hydrogen) atoms. The molecular formula is C11H24N2. The molecule has 0 fully saturated rings. The highest BCUT2D eigenvalue weighted by atomic mass is 15.1. The van der Waals surface area contributed by atoms with Gasteiger partial charge in [-0.2, -0.15) is 0 Å². The fraction of sp³-hybridized carbons (Fsp3) is 0.818. The van der Waals surface area contributed by atoms with E-state index in [1.165, 1.54) is 0 Å². The van der Waals surface area contributed by atoms with Crippen molar-refractivity contribution < 1.29 is 0 Å². The third-order valence-electron chi connectivity index (χ3n) is 2.28. The van der Waals surface area contributed by atoms with Crippen molar-refractivity contribution in [2.24, 2.45) is 11.1 Å². The summed E-state index contributed by atoms with van der Waals surface area (Å²) in [5.41, 5.74) is 5.90. The number of hydrogen-bond donors (Lipinski definition) is 1. The number of hydrogen-bond acceptors (Lipinski definition) is 2. The van der Waals surface area contributed by atoms with Crippen molar-refractivity contribution >= 4 is 0 Å². The molecule has 0 spiro atoms. The van der Waals surface area contributed by atoms with Gasteiger partial charge in [0.2, 0.25) is 0 Å². The van der Waals surface area contributed by atoms with Gasteiger partial charge in [-0.1, -0.05) is 19.9 Å². The van der Waals surface area contributed by atoms with E-state index in [4.69, 9.17) is 5.73 Å². The van der Waals surface area contributed by atoms with Crippen molar-refractivity contribution in [1.82, 2.24) is 4.90 Å². The largest absolute Gasteiger partial charge is 0.330 e. The maximum Gasteiger partial charge on any atom is 0.0163 e. The van der Waals surface area contributed by atoms with Crippen molar-refractivity contribution in [2.45, 2.75) is 33.7 Å². The third kappa shape index (κ3) is 5.06. The van der Waals surface area contributed by atoms with Crippen LogP contribution in [-0.4, -0.2) is 30.6 Å². The Kier molecular flexibility index (Phi) is 5.26. The first-order valence-corrected chi connectivity index (χ1v) is 4.98. The van der Waals surface area contributed by atoms with E-state index in [0.717, 1.165) is 19.6 Å². The SMILES string of the molecule is C=CCN(CC(C)(C)CN)C(C)C. The fourth-order valence-electron chi connectivity index (χ4n) is 1.24. The van der Waals surface area contributed by atoms with Gasteiger partial charge in [0.15, 0.2) is 0 Å². The van der Waals surface area contributed by atoms with Gasteiger partial charge in [-0.25, -0.2) is 0 Å². The average Bonchev–Trinajstić information content (AvgIpc) is 2.03. The molecule has 0 aliphatic carbocycles. The van der Waals surface area contributed by atoms with Crippen LogP contribution in [0.2, 0.25) is 0 Å². The number of nitrogens with two attached hydrogens (primary N) is 1. The Morgan fingerprint density at radius 3 is 2.31 bits per heavy atom. The summed E-state index contributed by atoms with van der Waals surface area (Å²) in [6.07, 6.45) is 1.95. The van der Waals surface area contributed by atoms with Crippen molar-refractivity contribution in [3.63, 3.8) is 0 Å². The maximum absolute atomic E-state index is 5.70. The Hall–Kier alpha value is -0.340. The molecule has 0 aliphatic heterocycles. The predicted octanol–water partition coefficient (Wildman–Crippen LogP) is 1.87. The van der Waals surface area contributed by atoms with E-state index in [2.05, 4.69) is 39.2 Å². The van der Waals surface area contributed by atoms with E-state index >= 15 is 0 Å². The van der Waals surface area contributed by atoms with Gasteiger partial charge < -0.3 is 5.73 Å². The minimum atomic E-state index is 0.202. The molecule has 0 amide bonds. The van der Waals surface area contributed by atoms with Crippen LogP contribution in [0.1, 0.15) is 27.7 Å². The fourth-order valence-corrected chi connectivity index (χ4v) is 1.24. The van der Waals surface area contributed by atoms with Crippen LogP contribution in [0.4, 0.5) is 0 Å². The summed E-state index contributed by atoms with van der Waals surface area (Å²) in [6, 6.07) is 0.559. The molecule has 0 aromatic heterocycles. The molecule has 2 N–H and O–H groups in total. The summed E-state index contributed by atoms with van der Waals surface area (Å²) < 4.78 is 0.